The molecule has 0 aliphatic carbocycles. The number of ketones is 1. The number of anilines is 2. The summed E-state index contributed by atoms with van der Waals surface area (Å²) >= 11 is 0. The second kappa shape index (κ2) is 12.2. The Hall–Kier alpha value is -4.67. The normalized spacial score (nSPS) is 12.3. The third kappa shape index (κ3) is 7.71. The predicted octanol–water partition coefficient (Wildman–Crippen LogP) is 5.90. The number of carboxylic acids is 1. The first-order valence-corrected chi connectivity index (χ1v) is 12.6. The molecule has 3 N–H and O–H groups in total. The number of hydrogen-bond donors (Lipinski definition) is 3. The molecule has 11 heteroatoms. The molecular weight excluding hydrogens is 539 g/mol. The van der Waals surface area contributed by atoms with Crippen molar-refractivity contribution in [1.82, 2.24) is 5.32 Å². The molecule has 41 heavy (non-hydrogen) atoms. The van der Waals surface area contributed by atoms with Crippen LogP contribution in [0, 0.1) is 12.3 Å². The van der Waals surface area contributed by atoms with E-state index in [0.717, 1.165) is 34.7 Å². The quantitative estimate of drug-likeness (QED) is 0.292. The van der Waals surface area contributed by atoms with E-state index in [2.05, 4.69) is 10.6 Å². The van der Waals surface area contributed by atoms with Crippen LogP contribution in [0.25, 0.3) is 0 Å². The Labute approximate surface area is 235 Å². The molecule has 0 aliphatic heterocycles. The maximum absolute atomic E-state index is 13.6. The van der Waals surface area contributed by atoms with Gasteiger partial charge in [0.1, 0.15) is 6.04 Å². The lowest BCUT2D eigenvalue weighted by Gasteiger charge is -2.38. The number of carboxylic acid groups (broad SMARTS) is 1. The second-order valence-electron chi connectivity index (χ2n) is 10.5. The van der Waals surface area contributed by atoms with E-state index in [1.54, 1.807) is 39.0 Å². The van der Waals surface area contributed by atoms with Crippen molar-refractivity contribution in [2.24, 2.45) is 5.41 Å². The standard InChI is InChI=1S/C30H30F3N3O5/c1-18-8-7-9-21(16-18)35-28(41)34-17-24(37)36(26(27(39)40)29(2,3)4)23-11-6-5-10-22(23)25(38)19-12-14-20(15-13-19)30(31,32)33/h5-16,26H,17H2,1-4H3,(H,39,40)(H2,34,35,41). The highest BCUT2D eigenvalue weighted by atomic mass is 19.4. The number of halogens is 3. The zero-order valence-electron chi connectivity index (χ0n) is 22.9. The van der Waals surface area contributed by atoms with Crippen LogP contribution in [0.4, 0.5) is 29.3 Å². The van der Waals surface area contributed by atoms with Gasteiger partial charge in [-0.25, -0.2) is 9.59 Å². The maximum atomic E-state index is 13.6. The van der Waals surface area contributed by atoms with Gasteiger partial charge in [-0.2, -0.15) is 13.2 Å². The third-order valence-corrected chi connectivity index (χ3v) is 6.14. The Kier molecular flexibility index (Phi) is 9.21. The van der Waals surface area contributed by atoms with Crippen molar-refractivity contribution < 1.29 is 37.5 Å². The van der Waals surface area contributed by atoms with Gasteiger partial charge in [0, 0.05) is 16.8 Å². The Morgan fingerprint density at radius 1 is 0.902 bits per heavy atom. The number of urea groups is 1. The SMILES string of the molecule is Cc1cccc(NC(=O)NCC(=O)N(c2ccccc2C(=O)c2ccc(C(F)(F)F)cc2)C(C(=O)O)C(C)(C)C)c1. The summed E-state index contributed by atoms with van der Waals surface area (Å²) in [4.78, 5) is 53.0. The minimum Gasteiger partial charge on any atom is -0.480 e. The van der Waals surface area contributed by atoms with Crippen molar-refractivity contribution in [2.45, 2.75) is 39.9 Å². The maximum Gasteiger partial charge on any atom is 0.416 e. The van der Waals surface area contributed by atoms with Crippen LogP contribution in [-0.2, 0) is 15.8 Å². The van der Waals surface area contributed by atoms with Crippen molar-refractivity contribution in [2.75, 3.05) is 16.8 Å². The second-order valence-corrected chi connectivity index (χ2v) is 10.5. The van der Waals surface area contributed by atoms with Gasteiger partial charge < -0.3 is 15.7 Å². The number of benzene rings is 3. The van der Waals surface area contributed by atoms with E-state index in [9.17, 15) is 37.5 Å². The number of rotatable bonds is 8. The van der Waals surface area contributed by atoms with Crippen LogP contribution in [0.5, 0.6) is 0 Å². The summed E-state index contributed by atoms with van der Waals surface area (Å²) < 4.78 is 39.1. The monoisotopic (exact) mass is 569 g/mol. The number of carbonyl (C=O) groups excluding carboxylic acids is 3. The molecule has 3 amide bonds. The van der Waals surface area contributed by atoms with Gasteiger partial charge >= 0.3 is 18.2 Å². The lowest BCUT2D eigenvalue weighted by atomic mass is 9.84. The lowest BCUT2D eigenvalue weighted by molar-refractivity contribution is -0.142. The summed E-state index contributed by atoms with van der Waals surface area (Å²) in [6.45, 7) is 6.03. The first-order valence-electron chi connectivity index (χ1n) is 12.6. The molecular formula is C30H30F3N3O5. The minimum absolute atomic E-state index is 0.0642. The van der Waals surface area contributed by atoms with E-state index >= 15 is 0 Å². The molecule has 3 aromatic carbocycles. The molecule has 0 spiro atoms. The molecule has 1 unspecified atom stereocenters. The largest absolute Gasteiger partial charge is 0.480 e. The molecule has 0 aromatic heterocycles. The predicted molar refractivity (Wildman–Crippen MR) is 148 cm³/mol. The smallest absolute Gasteiger partial charge is 0.416 e. The summed E-state index contributed by atoms with van der Waals surface area (Å²) in [5.74, 6) is -2.89. The fourth-order valence-corrected chi connectivity index (χ4v) is 4.27. The van der Waals surface area contributed by atoms with Crippen LogP contribution in [0.3, 0.4) is 0 Å². The van der Waals surface area contributed by atoms with Gasteiger partial charge in [0.15, 0.2) is 5.78 Å². The fourth-order valence-electron chi connectivity index (χ4n) is 4.27. The third-order valence-electron chi connectivity index (χ3n) is 6.14. The van der Waals surface area contributed by atoms with Gasteiger partial charge in [0.05, 0.1) is 17.8 Å². The van der Waals surface area contributed by atoms with Gasteiger partial charge in [0.25, 0.3) is 0 Å². The number of aliphatic carboxylic acids is 1. The fraction of sp³-hybridized carbons (Fsp3) is 0.267. The van der Waals surface area contributed by atoms with Crippen molar-refractivity contribution in [3.05, 3.63) is 95.1 Å². The molecule has 0 fully saturated rings. The number of hydrogen-bond acceptors (Lipinski definition) is 4. The summed E-state index contributed by atoms with van der Waals surface area (Å²) in [7, 11) is 0. The van der Waals surface area contributed by atoms with E-state index in [1.807, 2.05) is 13.0 Å². The van der Waals surface area contributed by atoms with Crippen molar-refractivity contribution in [3.8, 4) is 0 Å². The Bertz CT molecular complexity index is 1450. The number of aryl methyl sites for hydroxylation is 1. The van der Waals surface area contributed by atoms with Crippen LogP contribution >= 0.6 is 0 Å². The summed E-state index contributed by atoms with van der Waals surface area (Å²) in [6, 6.07) is 14.1. The molecule has 1 atom stereocenters. The van der Waals surface area contributed by atoms with E-state index in [1.165, 1.54) is 24.3 Å². The van der Waals surface area contributed by atoms with Crippen LogP contribution in [0.2, 0.25) is 0 Å². The van der Waals surface area contributed by atoms with Crippen LogP contribution in [0.1, 0.15) is 47.8 Å². The van der Waals surface area contributed by atoms with E-state index in [0.29, 0.717) is 5.69 Å². The lowest BCUT2D eigenvalue weighted by Crippen LogP contribution is -2.55. The molecule has 216 valence electrons. The van der Waals surface area contributed by atoms with Gasteiger partial charge in [0.2, 0.25) is 5.91 Å². The zero-order valence-corrected chi connectivity index (χ0v) is 22.9. The van der Waals surface area contributed by atoms with Crippen LogP contribution < -0.4 is 15.5 Å². The van der Waals surface area contributed by atoms with Crippen molar-refractivity contribution >= 4 is 35.1 Å². The molecule has 8 nitrogen and oxygen atoms in total. The summed E-state index contributed by atoms with van der Waals surface area (Å²) in [5.41, 5.74) is -0.836. The highest BCUT2D eigenvalue weighted by Gasteiger charge is 2.41. The van der Waals surface area contributed by atoms with Crippen molar-refractivity contribution in [3.63, 3.8) is 0 Å². The minimum atomic E-state index is -4.59. The number of amides is 3. The number of nitrogens with zero attached hydrogens (tertiary/aromatic N) is 1. The molecule has 0 saturated carbocycles. The first kappa shape index (κ1) is 30.9. The molecule has 0 saturated heterocycles. The summed E-state index contributed by atoms with van der Waals surface area (Å²) in [6.07, 6.45) is -4.59. The average molecular weight is 570 g/mol. The Morgan fingerprint density at radius 2 is 1.54 bits per heavy atom. The molecule has 3 rings (SSSR count). The highest BCUT2D eigenvalue weighted by Crippen LogP contribution is 2.34. The van der Waals surface area contributed by atoms with E-state index in [-0.39, 0.29) is 16.8 Å². The topological polar surface area (TPSA) is 116 Å². The number of nitrogens with one attached hydrogen (secondary N) is 2. The van der Waals surface area contributed by atoms with Gasteiger partial charge in [-0.1, -0.05) is 57.2 Å². The van der Waals surface area contributed by atoms with E-state index in [4.69, 9.17) is 0 Å². The Morgan fingerprint density at radius 3 is 2.10 bits per heavy atom. The first-order chi connectivity index (χ1) is 19.1. The molecule has 0 aliphatic rings. The highest BCUT2D eigenvalue weighted by molar-refractivity contribution is 6.15. The molecule has 3 aromatic rings. The van der Waals surface area contributed by atoms with E-state index < -0.39 is 53.4 Å². The zero-order chi connectivity index (χ0) is 30.5. The molecule has 0 bridgehead atoms. The molecule has 0 radical (unpaired) electrons. The van der Waals surface area contributed by atoms with Crippen LogP contribution in [-0.4, -0.2) is 41.4 Å². The number of alkyl halides is 3. The Balaban J connectivity index is 1.98. The summed E-state index contributed by atoms with van der Waals surface area (Å²) in [5, 5.41) is 15.2. The van der Waals surface area contributed by atoms with Gasteiger partial charge in [-0.05, 0) is 54.3 Å². The number of carbonyl (C=O) groups is 4. The average Bonchev–Trinajstić information content (AvgIpc) is 2.88. The van der Waals surface area contributed by atoms with Crippen LogP contribution in [0.15, 0.2) is 72.8 Å². The molecule has 0 heterocycles. The van der Waals surface area contributed by atoms with Gasteiger partial charge in [-0.3, -0.25) is 14.5 Å². The van der Waals surface area contributed by atoms with Crippen molar-refractivity contribution in [1.29, 1.82) is 0 Å². The van der Waals surface area contributed by atoms with Gasteiger partial charge in [-0.15, -0.1) is 0 Å². The number of para-hydroxylation sites is 1.